The molecule has 1 aliphatic carbocycles. The van der Waals surface area contributed by atoms with Gasteiger partial charge in [-0.1, -0.05) is 48.5 Å². The molecule has 2 N–H and O–H groups in total. The van der Waals surface area contributed by atoms with E-state index in [1.54, 1.807) is 0 Å². The molecule has 0 aliphatic heterocycles. The third-order valence-corrected chi connectivity index (χ3v) is 5.78. The first-order valence-corrected chi connectivity index (χ1v) is 8.90. The van der Waals surface area contributed by atoms with E-state index in [-0.39, 0.29) is 11.2 Å². The van der Waals surface area contributed by atoms with Crippen molar-refractivity contribution in [1.29, 1.82) is 0 Å². The van der Waals surface area contributed by atoms with Crippen LogP contribution in [-0.2, 0) is 15.6 Å². The van der Waals surface area contributed by atoms with Gasteiger partial charge in [0.05, 0.1) is 5.25 Å². The Balaban J connectivity index is 1.81. The van der Waals surface area contributed by atoms with E-state index in [0.717, 1.165) is 17.5 Å². The van der Waals surface area contributed by atoms with E-state index in [2.05, 4.69) is 24.3 Å². The molecule has 2 aromatic carbocycles. The zero-order valence-electron chi connectivity index (χ0n) is 12.3. The van der Waals surface area contributed by atoms with Crippen LogP contribution in [0.15, 0.2) is 48.5 Å². The number of fused-ring (bicyclic) bond motifs is 3. The smallest absolute Gasteiger partial charge is 0.217 e. The van der Waals surface area contributed by atoms with Gasteiger partial charge in [0, 0.05) is 23.0 Å². The first-order valence-electron chi connectivity index (χ1n) is 7.52. The number of nitrogens with two attached hydrogens (primary N) is 1. The fourth-order valence-corrected chi connectivity index (χ4v) is 4.76. The van der Waals surface area contributed by atoms with E-state index in [1.807, 2.05) is 24.3 Å². The summed E-state index contributed by atoms with van der Waals surface area (Å²) in [6, 6.07) is 16.4. The second-order valence-electron chi connectivity index (χ2n) is 5.56. The summed E-state index contributed by atoms with van der Waals surface area (Å²) < 4.78 is 12.8. The van der Waals surface area contributed by atoms with Crippen LogP contribution in [0.1, 0.15) is 35.6 Å². The molecule has 0 spiro atoms. The largest absolute Gasteiger partial charge is 0.370 e. The topological polar surface area (TPSA) is 60.2 Å². The van der Waals surface area contributed by atoms with E-state index in [4.69, 9.17) is 5.73 Å². The Kier molecular flexibility index (Phi) is 4.39. The molecule has 114 valence electrons. The van der Waals surface area contributed by atoms with Gasteiger partial charge in [-0.2, -0.15) is 0 Å². The summed E-state index contributed by atoms with van der Waals surface area (Å²) >= 11 is 0. The molecular weight excluding hydrogens is 294 g/mol. The number of hydrogen-bond donors (Lipinski definition) is 1. The predicted octanol–water partition coefficient (Wildman–Crippen LogP) is 3.16. The van der Waals surface area contributed by atoms with Crippen LogP contribution in [-0.4, -0.2) is 15.9 Å². The van der Waals surface area contributed by atoms with Gasteiger partial charge in [0.25, 0.3) is 0 Å². The summed E-state index contributed by atoms with van der Waals surface area (Å²) in [6.07, 6.45) is 1.84. The number of hydrogen-bond acceptors (Lipinski definition) is 2. The highest BCUT2D eigenvalue weighted by Gasteiger charge is 2.31. The molecule has 22 heavy (non-hydrogen) atoms. The van der Waals surface area contributed by atoms with Crippen molar-refractivity contribution in [3.05, 3.63) is 59.7 Å². The van der Waals surface area contributed by atoms with Crippen LogP contribution in [0.4, 0.5) is 0 Å². The van der Waals surface area contributed by atoms with Crippen LogP contribution in [0.25, 0.3) is 11.1 Å². The van der Waals surface area contributed by atoms with Crippen molar-refractivity contribution in [2.45, 2.75) is 24.5 Å². The number of primary amides is 1. The van der Waals surface area contributed by atoms with Crippen molar-refractivity contribution in [3.63, 3.8) is 0 Å². The molecular formula is C18H19NO2S. The lowest BCUT2D eigenvalue weighted by atomic mass is 10.1. The Labute approximate surface area is 133 Å². The highest BCUT2D eigenvalue weighted by molar-refractivity contribution is 7.85. The molecule has 3 nitrogen and oxygen atoms in total. The summed E-state index contributed by atoms with van der Waals surface area (Å²) in [5, 5.41) is -0.0546. The lowest BCUT2D eigenvalue weighted by Crippen LogP contribution is -2.12. The van der Waals surface area contributed by atoms with Gasteiger partial charge >= 0.3 is 0 Å². The van der Waals surface area contributed by atoms with Gasteiger partial charge in [0.1, 0.15) is 0 Å². The summed E-state index contributed by atoms with van der Waals surface area (Å²) in [4.78, 5) is 10.8. The monoisotopic (exact) mass is 313 g/mol. The normalized spacial score (nSPS) is 14.4. The molecule has 1 aliphatic rings. The van der Waals surface area contributed by atoms with E-state index < -0.39 is 10.8 Å². The Bertz CT molecular complexity index is 681. The minimum Gasteiger partial charge on any atom is -0.370 e. The lowest BCUT2D eigenvalue weighted by Gasteiger charge is -2.13. The van der Waals surface area contributed by atoms with Gasteiger partial charge < -0.3 is 5.73 Å². The fourth-order valence-electron chi connectivity index (χ4n) is 3.05. The number of benzene rings is 2. The van der Waals surface area contributed by atoms with Crippen molar-refractivity contribution in [1.82, 2.24) is 0 Å². The van der Waals surface area contributed by atoms with E-state index >= 15 is 0 Å². The molecule has 0 saturated heterocycles. The van der Waals surface area contributed by atoms with Gasteiger partial charge in [-0.05, 0) is 35.1 Å². The maximum Gasteiger partial charge on any atom is 0.217 e. The zero-order valence-corrected chi connectivity index (χ0v) is 13.1. The minimum atomic E-state index is -0.985. The second kappa shape index (κ2) is 6.44. The maximum atomic E-state index is 12.8. The summed E-state index contributed by atoms with van der Waals surface area (Å²) in [6.45, 7) is 0. The molecule has 3 rings (SSSR count). The number of carbonyl (C=O) groups excluding carboxylic acids is 1. The van der Waals surface area contributed by atoms with E-state index in [9.17, 15) is 9.00 Å². The molecule has 1 amide bonds. The molecule has 1 atom stereocenters. The van der Waals surface area contributed by atoms with E-state index in [0.29, 0.717) is 18.6 Å². The number of amides is 1. The highest BCUT2D eigenvalue weighted by atomic mass is 32.2. The maximum absolute atomic E-state index is 12.8. The zero-order chi connectivity index (χ0) is 15.5. The van der Waals surface area contributed by atoms with Crippen molar-refractivity contribution >= 4 is 16.7 Å². The van der Waals surface area contributed by atoms with Crippen LogP contribution in [0.2, 0.25) is 0 Å². The third kappa shape index (κ3) is 2.83. The van der Waals surface area contributed by atoms with Crippen molar-refractivity contribution in [2.75, 3.05) is 5.75 Å². The molecule has 0 bridgehead atoms. The van der Waals surface area contributed by atoms with E-state index in [1.165, 1.54) is 11.1 Å². The summed E-state index contributed by atoms with van der Waals surface area (Å²) in [5.41, 5.74) is 9.82. The van der Waals surface area contributed by atoms with Gasteiger partial charge in [0.2, 0.25) is 5.91 Å². The minimum absolute atomic E-state index is 0.0546. The molecule has 0 fully saturated rings. The standard InChI is InChI=1S/C18H19NO2S/c19-17(20)11-5-6-12-22(21)18-15-9-3-1-7-13(15)14-8-2-4-10-16(14)18/h1-4,7-10,18H,5-6,11-12H2,(H2,19,20). The fraction of sp³-hybridized carbons (Fsp3) is 0.278. The van der Waals surface area contributed by atoms with Crippen molar-refractivity contribution in [2.24, 2.45) is 5.73 Å². The van der Waals surface area contributed by atoms with Gasteiger partial charge in [0.15, 0.2) is 0 Å². The van der Waals surface area contributed by atoms with Crippen LogP contribution in [0.5, 0.6) is 0 Å². The third-order valence-electron chi connectivity index (χ3n) is 4.06. The SMILES string of the molecule is NC(=O)CCCCS(=O)C1c2ccccc2-c2ccccc21. The highest BCUT2D eigenvalue weighted by Crippen LogP contribution is 2.46. The van der Waals surface area contributed by atoms with Crippen LogP contribution in [0.3, 0.4) is 0 Å². The summed E-state index contributed by atoms with van der Waals surface area (Å²) in [7, 11) is -0.985. The quantitative estimate of drug-likeness (QED) is 0.833. The molecule has 0 aromatic heterocycles. The average Bonchev–Trinajstić information content (AvgIpc) is 2.86. The molecule has 2 aromatic rings. The Morgan fingerprint density at radius 2 is 1.50 bits per heavy atom. The number of unbranched alkanes of at least 4 members (excludes halogenated alkanes) is 1. The van der Waals surface area contributed by atoms with Gasteiger partial charge in [-0.3, -0.25) is 9.00 Å². The van der Waals surface area contributed by atoms with Crippen LogP contribution >= 0.6 is 0 Å². The van der Waals surface area contributed by atoms with Crippen LogP contribution < -0.4 is 5.73 Å². The number of carbonyl (C=O) groups is 1. The lowest BCUT2D eigenvalue weighted by molar-refractivity contribution is -0.118. The first kappa shape index (κ1) is 15.0. The number of rotatable bonds is 6. The first-order chi connectivity index (χ1) is 10.7. The van der Waals surface area contributed by atoms with Crippen molar-refractivity contribution < 1.29 is 9.00 Å². The molecule has 0 radical (unpaired) electrons. The molecule has 1 unspecified atom stereocenters. The second-order valence-corrected chi connectivity index (χ2v) is 7.20. The Morgan fingerprint density at radius 1 is 0.955 bits per heavy atom. The van der Waals surface area contributed by atoms with Crippen molar-refractivity contribution in [3.8, 4) is 11.1 Å². The summed E-state index contributed by atoms with van der Waals surface area (Å²) in [5.74, 6) is 0.308. The Morgan fingerprint density at radius 3 is 2.05 bits per heavy atom. The van der Waals surface area contributed by atoms with Gasteiger partial charge in [-0.15, -0.1) is 0 Å². The average molecular weight is 313 g/mol. The molecule has 0 saturated carbocycles. The van der Waals surface area contributed by atoms with Gasteiger partial charge in [-0.25, -0.2) is 0 Å². The predicted molar refractivity (Wildman–Crippen MR) is 89.8 cm³/mol. The Hall–Kier alpha value is -1.94. The molecule has 0 heterocycles. The molecule has 4 heteroatoms. The van der Waals surface area contributed by atoms with Crippen LogP contribution in [0, 0.1) is 0 Å².